The number of β-amino-alcohol motifs (C(OH)–C–C–N with tert-alkyl or cyclic N) is 1. The van der Waals surface area contributed by atoms with E-state index in [1.165, 1.54) is 17.0 Å². The molecule has 0 bridgehead atoms. The Morgan fingerprint density at radius 3 is 2.70 bits per heavy atom. The van der Waals surface area contributed by atoms with E-state index in [4.69, 9.17) is 0 Å². The summed E-state index contributed by atoms with van der Waals surface area (Å²) in [6, 6.07) is 4.40. The zero-order valence-electron chi connectivity index (χ0n) is 13.2. The molecule has 0 unspecified atom stereocenters. The molecule has 23 heavy (non-hydrogen) atoms. The number of likely N-dealkylation sites (tertiary alicyclic amines) is 1. The van der Waals surface area contributed by atoms with Crippen LogP contribution in [-0.4, -0.2) is 60.1 Å². The van der Waals surface area contributed by atoms with Crippen LogP contribution in [0.5, 0.6) is 0 Å². The third-order valence-electron chi connectivity index (χ3n) is 3.89. The minimum absolute atomic E-state index is 0.00562. The molecule has 0 aromatic heterocycles. The molecule has 128 valence electrons. The molecule has 0 saturated carbocycles. The van der Waals surface area contributed by atoms with Gasteiger partial charge in [-0.1, -0.05) is 6.07 Å². The molecular weight excluding hydrogens is 309 g/mol. The summed E-state index contributed by atoms with van der Waals surface area (Å²) in [7, 11) is 3.65. The standard InChI is InChI=1S/C16H21F3N2O2/c1-20(2)10-15(23)7-4-8-21(11-15)14(22)12-5-3-6-13(9-12)16(17,18)19/h3,5-6,9,23H,4,7-8,10-11H2,1-2H3/t15-/m1/s1. The predicted molar refractivity (Wildman–Crippen MR) is 80.1 cm³/mol. The number of hydrogen-bond acceptors (Lipinski definition) is 3. The number of alkyl halides is 3. The SMILES string of the molecule is CN(C)C[C@]1(O)CCCN(C(=O)c2cccc(C(F)(F)F)c2)C1. The average Bonchev–Trinajstić information content (AvgIpc) is 2.44. The van der Waals surface area contributed by atoms with Gasteiger partial charge >= 0.3 is 6.18 Å². The second-order valence-electron chi connectivity index (χ2n) is 6.37. The summed E-state index contributed by atoms with van der Waals surface area (Å²) in [6.07, 6.45) is -3.30. The van der Waals surface area contributed by atoms with E-state index in [9.17, 15) is 23.1 Å². The van der Waals surface area contributed by atoms with E-state index in [0.29, 0.717) is 25.9 Å². The first-order chi connectivity index (χ1) is 10.6. The number of likely N-dealkylation sites (N-methyl/N-ethyl adjacent to an activating group) is 1. The lowest BCUT2D eigenvalue weighted by atomic mass is 9.92. The molecule has 1 amide bonds. The first-order valence-electron chi connectivity index (χ1n) is 7.44. The van der Waals surface area contributed by atoms with Gasteiger partial charge in [0.2, 0.25) is 0 Å². The number of halogens is 3. The number of hydrogen-bond donors (Lipinski definition) is 1. The average molecular weight is 330 g/mol. The minimum Gasteiger partial charge on any atom is -0.387 e. The smallest absolute Gasteiger partial charge is 0.387 e. The molecule has 2 rings (SSSR count). The maximum absolute atomic E-state index is 12.8. The first kappa shape index (κ1) is 17.7. The maximum atomic E-state index is 12.8. The molecule has 1 atom stereocenters. The molecule has 1 heterocycles. The molecule has 1 aromatic rings. The molecule has 1 aliphatic heterocycles. The zero-order chi connectivity index (χ0) is 17.3. The molecule has 0 aliphatic carbocycles. The van der Waals surface area contributed by atoms with Gasteiger partial charge in [-0.15, -0.1) is 0 Å². The lowest BCUT2D eigenvalue weighted by molar-refractivity contribution is -0.137. The van der Waals surface area contributed by atoms with Crippen molar-refractivity contribution in [2.24, 2.45) is 0 Å². The monoisotopic (exact) mass is 330 g/mol. The molecule has 1 aliphatic rings. The predicted octanol–water partition coefficient (Wildman–Crippen LogP) is 2.23. The van der Waals surface area contributed by atoms with Crippen molar-refractivity contribution in [3.63, 3.8) is 0 Å². The number of nitrogens with zero attached hydrogens (tertiary/aromatic N) is 2. The van der Waals surface area contributed by atoms with Crippen LogP contribution in [0, 0.1) is 0 Å². The largest absolute Gasteiger partial charge is 0.416 e. The van der Waals surface area contributed by atoms with Crippen LogP contribution in [-0.2, 0) is 6.18 Å². The van der Waals surface area contributed by atoms with E-state index < -0.39 is 23.2 Å². The van der Waals surface area contributed by atoms with E-state index in [2.05, 4.69) is 0 Å². The van der Waals surface area contributed by atoms with Crippen molar-refractivity contribution < 1.29 is 23.1 Å². The van der Waals surface area contributed by atoms with Crippen LogP contribution in [0.4, 0.5) is 13.2 Å². The van der Waals surface area contributed by atoms with Crippen LogP contribution in [0.2, 0.25) is 0 Å². The van der Waals surface area contributed by atoms with Crippen molar-refractivity contribution in [2.75, 3.05) is 33.7 Å². The Bertz CT molecular complexity index is 575. The lowest BCUT2D eigenvalue weighted by Crippen LogP contribution is -2.54. The maximum Gasteiger partial charge on any atom is 0.416 e. The number of carbonyl (C=O) groups excluding carboxylic acids is 1. The van der Waals surface area contributed by atoms with Gasteiger partial charge < -0.3 is 14.9 Å². The summed E-state index contributed by atoms with van der Waals surface area (Å²) in [5.74, 6) is -0.479. The van der Waals surface area contributed by atoms with Gasteiger partial charge in [0.05, 0.1) is 17.7 Å². The number of rotatable bonds is 3. The summed E-state index contributed by atoms with van der Waals surface area (Å²) in [4.78, 5) is 15.8. The summed E-state index contributed by atoms with van der Waals surface area (Å²) < 4.78 is 38.3. The highest BCUT2D eigenvalue weighted by molar-refractivity contribution is 5.94. The van der Waals surface area contributed by atoms with Crippen molar-refractivity contribution in [3.05, 3.63) is 35.4 Å². The summed E-state index contributed by atoms with van der Waals surface area (Å²) >= 11 is 0. The van der Waals surface area contributed by atoms with Gasteiger partial charge in [0.25, 0.3) is 5.91 Å². The second kappa shape index (κ2) is 6.49. The van der Waals surface area contributed by atoms with Crippen molar-refractivity contribution >= 4 is 5.91 Å². The second-order valence-corrected chi connectivity index (χ2v) is 6.37. The molecule has 0 spiro atoms. The van der Waals surface area contributed by atoms with Gasteiger partial charge in [0, 0.05) is 18.7 Å². The highest BCUT2D eigenvalue weighted by Crippen LogP contribution is 2.30. The fourth-order valence-electron chi connectivity index (χ4n) is 3.01. The molecular formula is C16H21F3N2O2. The van der Waals surface area contributed by atoms with Crippen LogP contribution in [0.1, 0.15) is 28.8 Å². The van der Waals surface area contributed by atoms with Crippen LogP contribution < -0.4 is 0 Å². The van der Waals surface area contributed by atoms with Crippen LogP contribution in [0.3, 0.4) is 0 Å². The van der Waals surface area contributed by atoms with Crippen LogP contribution in [0.25, 0.3) is 0 Å². The topological polar surface area (TPSA) is 43.8 Å². The fraction of sp³-hybridized carbons (Fsp3) is 0.562. The number of aliphatic hydroxyl groups is 1. The molecule has 4 nitrogen and oxygen atoms in total. The Morgan fingerprint density at radius 1 is 1.39 bits per heavy atom. The Kier molecular flexibility index (Phi) is 5.01. The molecule has 1 N–H and O–H groups in total. The molecule has 7 heteroatoms. The summed E-state index contributed by atoms with van der Waals surface area (Å²) in [5, 5.41) is 10.6. The molecule has 1 saturated heterocycles. The van der Waals surface area contributed by atoms with Crippen molar-refractivity contribution in [1.82, 2.24) is 9.80 Å². The molecule has 0 radical (unpaired) electrons. The van der Waals surface area contributed by atoms with Gasteiger partial charge in [0.1, 0.15) is 0 Å². The summed E-state index contributed by atoms with van der Waals surface area (Å²) in [6.45, 7) is 0.963. The van der Waals surface area contributed by atoms with Gasteiger partial charge in [-0.2, -0.15) is 13.2 Å². The quantitative estimate of drug-likeness (QED) is 0.924. The van der Waals surface area contributed by atoms with E-state index in [1.807, 2.05) is 19.0 Å². The van der Waals surface area contributed by atoms with Crippen molar-refractivity contribution in [1.29, 1.82) is 0 Å². The third kappa shape index (κ3) is 4.45. The first-order valence-corrected chi connectivity index (χ1v) is 7.44. The van der Waals surface area contributed by atoms with Gasteiger partial charge in [-0.3, -0.25) is 4.79 Å². The highest BCUT2D eigenvalue weighted by Gasteiger charge is 2.36. The summed E-state index contributed by atoms with van der Waals surface area (Å²) in [5.41, 5.74) is -1.88. The van der Waals surface area contributed by atoms with E-state index in [0.717, 1.165) is 12.1 Å². The zero-order valence-corrected chi connectivity index (χ0v) is 13.2. The van der Waals surface area contributed by atoms with Gasteiger partial charge in [-0.05, 0) is 45.1 Å². The van der Waals surface area contributed by atoms with Crippen molar-refractivity contribution in [2.45, 2.75) is 24.6 Å². The Balaban J connectivity index is 2.17. The van der Waals surface area contributed by atoms with Crippen LogP contribution in [0.15, 0.2) is 24.3 Å². The number of piperidine rings is 1. The van der Waals surface area contributed by atoms with Crippen LogP contribution >= 0.6 is 0 Å². The Labute approximate surface area is 133 Å². The van der Waals surface area contributed by atoms with E-state index in [-0.39, 0.29) is 12.1 Å². The Hall–Kier alpha value is -1.60. The number of carbonyl (C=O) groups is 1. The van der Waals surface area contributed by atoms with E-state index >= 15 is 0 Å². The number of amides is 1. The van der Waals surface area contributed by atoms with Gasteiger partial charge in [0.15, 0.2) is 0 Å². The minimum atomic E-state index is -4.48. The normalized spacial score (nSPS) is 22.5. The fourth-order valence-corrected chi connectivity index (χ4v) is 3.01. The van der Waals surface area contributed by atoms with Gasteiger partial charge in [-0.25, -0.2) is 0 Å². The molecule has 1 fully saturated rings. The highest BCUT2D eigenvalue weighted by atomic mass is 19.4. The van der Waals surface area contributed by atoms with Crippen molar-refractivity contribution in [3.8, 4) is 0 Å². The Morgan fingerprint density at radius 2 is 2.09 bits per heavy atom. The van der Waals surface area contributed by atoms with E-state index in [1.54, 1.807) is 0 Å². The third-order valence-corrected chi connectivity index (χ3v) is 3.89. The lowest BCUT2D eigenvalue weighted by Gasteiger charge is -2.40. The molecule has 1 aromatic carbocycles. The number of benzene rings is 1.